The molecule has 9 nitrogen and oxygen atoms in total. The van der Waals surface area contributed by atoms with Crippen LogP contribution in [-0.4, -0.2) is 41.3 Å². The maximum Gasteiger partial charge on any atom is 0.342 e. The summed E-state index contributed by atoms with van der Waals surface area (Å²) in [5.74, 6) is -1.59. The van der Waals surface area contributed by atoms with Crippen molar-refractivity contribution in [3.8, 4) is 5.75 Å². The number of carbonyl (C=O) groups excluding carboxylic acids is 3. The van der Waals surface area contributed by atoms with E-state index in [4.69, 9.17) is 23.4 Å². The van der Waals surface area contributed by atoms with Crippen molar-refractivity contribution in [2.75, 3.05) is 0 Å². The molecule has 0 aromatic carbocycles. The number of cyclic esters (lactones) is 1. The van der Waals surface area contributed by atoms with Gasteiger partial charge in [-0.15, -0.1) is 0 Å². The van der Waals surface area contributed by atoms with Crippen molar-refractivity contribution in [2.24, 2.45) is 17.3 Å². The van der Waals surface area contributed by atoms with Crippen molar-refractivity contribution in [1.82, 2.24) is 0 Å². The first kappa shape index (κ1) is 24.3. The number of carbonyl (C=O) groups is 3. The topological polar surface area (TPSA) is 118 Å². The molecule has 0 amide bonds. The third kappa shape index (κ3) is 3.79. The first-order chi connectivity index (χ1) is 15.7. The maximum atomic E-state index is 12.8. The van der Waals surface area contributed by atoms with Gasteiger partial charge in [0.2, 0.25) is 0 Å². The minimum atomic E-state index is -1.06. The van der Waals surface area contributed by atoms with Gasteiger partial charge in [0.15, 0.2) is 0 Å². The lowest BCUT2D eigenvalue weighted by Crippen LogP contribution is -2.69. The summed E-state index contributed by atoms with van der Waals surface area (Å²) in [4.78, 5) is 49.9. The molecule has 1 aromatic rings. The summed E-state index contributed by atoms with van der Waals surface area (Å²) in [6.07, 6.45) is -1.13. The quantitative estimate of drug-likeness (QED) is 0.469. The van der Waals surface area contributed by atoms with E-state index in [0.717, 1.165) is 0 Å². The van der Waals surface area contributed by atoms with E-state index in [2.05, 4.69) is 0 Å². The molecule has 0 unspecified atom stereocenters. The van der Waals surface area contributed by atoms with E-state index in [-0.39, 0.29) is 18.8 Å². The van der Waals surface area contributed by atoms with Gasteiger partial charge in [0.25, 0.3) is 0 Å². The van der Waals surface area contributed by atoms with Gasteiger partial charge in [-0.05, 0) is 34.1 Å². The van der Waals surface area contributed by atoms with Crippen LogP contribution in [0.1, 0.15) is 65.7 Å². The fourth-order valence-corrected chi connectivity index (χ4v) is 6.91. The molecule has 0 N–H and O–H groups in total. The van der Waals surface area contributed by atoms with Crippen molar-refractivity contribution >= 4 is 17.9 Å². The van der Waals surface area contributed by atoms with Crippen LogP contribution in [0.5, 0.6) is 5.75 Å². The predicted molar refractivity (Wildman–Crippen MR) is 118 cm³/mol. The average Bonchev–Trinajstić information content (AvgIpc) is 2.70. The molecule has 1 aliphatic carbocycles. The summed E-state index contributed by atoms with van der Waals surface area (Å²) in [6, 6.07) is 1.68. The van der Waals surface area contributed by atoms with Gasteiger partial charge in [0.1, 0.15) is 34.9 Å². The Labute approximate surface area is 198 Å². The van der Waals surface area contributed by atoms with Crippen molar-refractivity contribution in [3.63, 3.8) is 0 Å². The molecule has 1 aromatic heterocycles. The summed E-state index contributed by atoms with van der Waals surface area (Å²) in [5, 5.41) is 0. The highest BCUT2D eigenvalue weighted by molar-refractivity contribution is 5.73. The van der Waals surface area contributed by atoms with Gasteiger partial charge in [0, 0.05) is 43.6 Å². The van der Waals surface area contributed by atoms with Crippen molar-refractivity contribution in [1.29, 1.82) is 0 Å². The second-order valence-corrected chi connectivity index (χ2v) is 10.7. The fourth-order valence-electron chi connectivity index (χ4n) is 6.91. The standard InChI is InChI=1S/C25H32O9/c1-12-8-16-15(22(29)30-12)9-18-24(6,33-16)11-17(31-13(2)26)21-23(4,5)34-20(28)10-19(25(18,21)7)32-14(3)27/h8,17-19,21H,9-11H2,1-7H3/t17-,18+,19+,21+,24-,25+/m1/s1. The Kier molecular flexibility index (Phi) is 5.61. The van der Waals surface area contributed by atoms with Crippen LogP contribution in [-0.2, 0) is 35.0 Å². The Balaban J connectivity index is 1.97. The van der Waals surface area contributed by atoms with Crippen molar-refractivity contribution < 1.29 is 37.7 Å². The second-order valence-electron chi connectivity index (χ2n) is 10.7. The summed E-state index contributed by atoms with van der Waals surface area (Å²) in [7, 11) is 0. The van der Waals surface area contributed by atoms with Crippen molar-refractivity contribution in [2.45, 2.75) is 91.1 Å². The van der Waals surface area contributed by atoms with E-state index < -0.39 is 58.3 Å². The SMILES string of the molecule is CC(=O)O[C@H]1CC(=O)OC(C)(C)[C@@H]2[C@H](OC(C)=O)C[C@@]3(C)Oc4cc(C)oc(=O)c4C[C@@H]3[C@@]12C. The second kappa shape index (κ2) is 7.85. The normalized spacial score (nSPS) is 35.9. The molecular weight excluding hydrogens is 444 g/mol. The highest BCUT2D eigenvalue weighted by atomic mass is 16.6. The van der Waals surface area contributed by atoms with Gasteiger partial charge in [-0.2, -0.15) is 0 Å². The molecule has 3 aliphatic rings. The molecule has 3 heterocycles. The summed E-state index contributed by atoms with van der Waals surface area (Å²) in [5.41, 5.74) is -2.98. The molecule has 0 bridgehead atoms. The zero-order chi connectivity index (χ0) is 25.2. The van der Waals surface area contributed by atoms with E-state index in [1.54, 1.807) is 26.8 Å². The Morgan fingerprint density at radius 2 is 1.65 bits per heavy atom. The Morgan fingerprint density at radius 1 is 1.00 bits per heavy atom. The Morgan fingerprint density at radius 3 is 2.26 bits per heavy atom. The van der Waals surface area contributed by atoms with Gasteiger partial charge in [-0.25, -0.2) is 4.79 Å². The Hall–Kier alpha value is -2.84. The van der Waals surface area contributed by atoms with Crippen LogP contribution in [0.2, 0.25) is 0 Å². The number of ether oxygens (including phenoxy) is 4. The van der Waals surface area contributed by atoms with Gasteiger partial charge < -0.3 is 23.4 Å². The van der Waals surface area contributed by atoms with Gasteiger partial charge >= 0.3 is 23.5 Å². The maximum absolute atomic E-state index is 12.8. The Bertz CT molecular complexity index is 1100. The summed E-state index contributed by atoms with van der Waals surface area (Å²) in [6.45, 7) is 11.7. The molecule has 0 spiro atoms. The zero-order valence-electron chi connectivity index (χ0n) is 20.7. The molecule has 1 saturated carbocycles. The van der Waals surface area contributed by atoms with Gasteiger partial charge in [-0.1, -0.05) is 6.92 Å². The highest BCUT2D eigenvalue weighted by Gasteiger charge is 2.69. The van der Waals surface area contributed by atoms with E-state index in [1.807, 2.05) is 13.8 Å². The van der Waals surface area contributed by atoms with Crippen LogP contribution in [0.15, 0.2) is 15.3 Å². The molecule has 2 fully saturated rings. The van der Waals surface area contributed by atoms with Crippen LogP contribution in [0, 0.1) is 24.2 Å². The third-order valence-corrected chi connectivity index (χ3v) is 7.82. The predicted octanol–water partition coefficient (Wildman–Crippen LogP) is 2.87. The van der Waals surface area contributed by atoms with Crippen LogP contribution in [0.4, 0.5) is 0 Å². The lowest BCUT2D eigenvalue weighted by Gasteiger charge is -2.62. The molecule has 0 radical (unpaired) electrons. The molecule has 4 rings (SSSR count). The van der Waals surface area contributed by atoms with Crippen LogP contribution >= 0.6 is 0 Å². The molecule has 9 heteroatoms. The lowest BCUT2D eigenvalue weighted by molar-refractivity contribution is -0.241. The first-order valence-electron chi connectivity index (χ1n) is 11.6. The number of fused-ring (bicyclic) bond motifs is 4. The highest BCUT2D eigenvalue weighted by Crippen LogP contribution is 2.62. The van der Waals surface area contributed by atoms with Crippen LogP contribution in [0.3, 0.4) is 0 Å². The molecule has 1 saturated heterocycles. The summed E-state index contributed by atoms with van der Waals surface area (Å²) < 4.78 is 29.2. The van der Waals surface area contributed by atoms with E-state index in [9.17, 15) is 19.2 Å². The summed E-state index contributed by atoms with van der Waals surface area (Å²) >= 11 is 0. The van der Waals surface area contributed by atoms with E-state index in [0.29, 0.717) is 23.5 Å². The average molecular weight is 477 g/mol. The third-order valence-electron chi connectivity index (χ3n) is 7.82. The lowest BCUT2D eigenvalue weighted by atomic mass is 9.48. The largest absolute Gasteiger partial charge is 0.486 e. The molecule has 2 aliphatic heterocycles. The minimum absolute atomic E-state index is 0.162. The molecule has 6 atom stereocenters. The number of hydrogen-bond donors (Lipinski definition) is 0. The molecular formula is C25H32O9. The number of esters is 3. The van der Waals surface area contributed by atoms with E-state index >= 15 is 0 Å². The van der Waals surface area contributed by atoms with Crippen LogP contribution in [0.25, 0.3) is 0 Å². The number of hydrogen-bond acceptors (Lipinski definition) is 9. The molecule has 186 valence electrons. The van der Waals surface area contributed by atoms with E-state index in [1.165, 1.54) is 13.8 Å². The van der Waals surface area contributed by atoms with Crippen LogP contribution < -0.4 is 10.4 Å². The molecule has 34 heavy (non-hydrogen) atoms. The smallest absolute Gasteiger partial charge is 0.342 e. The minimum Gasteiger partial charge on any atom is -0.486 e. The van der Waals surface area contributed by atoms with Crippen molar-refractivity contribution in [3.05, 3.63) is 27.8 Å². The fraction of sp³-hybridized carbons (Fsp3) is 0.680. The van der Waals surface area contributed by atoms with Gasteiger partial charge in [-0.3, -0.25) is 14.4 Å². The van der Waals surface area contributed by atoms with Gasteiger partial charge in [0.05, 0.1) is 12.0 Å². The first-order valence-corrected chi connectivity index (χ1v) is 11.6. The number of rotatable bonds is 2. The zero-order valence-corrected chi connectivity index (χ0v) is 20.7. The number of aryl methyl sites for hydroxylation is 1. The monoisotopic (exact) mass is 476 g/mol.